The van der Waals surface area contributed by atoms with Gasteiger partial charge < -0.3 is 4.52 Å². The number of aromatic nitrogens is 1. The number of benzene rings is 1. The summed E-state index contributed by atoms with van der Waals surface area (Å²) in [5, 5.41) is 15.0. The van der Waals surface area contributed by atoms with E-state index in [1.807, 2.05) is 0 Å². The summed E-state index contributed by atoms with van der Waals surface area (Å²) in [6.45, 7) is 1.66. The van der Waals surface area contributed by atoms with E-state index in [1.54, 1.807) is 19.4 Å². The van der Waals surface area contributed by atoms with Crippen molar-refractivity contribution in [3.05, 3.63) is 36.1 Å². The molecule has 2 aromatic rings. The lowest BCUT2D eigenvalue weighted by Crippen LogP contribution is -2.13. The molecule has 0 aliphatic carbocycles. The summed E-state index contributed by atoms with van der Waals surface area (Å²) in [6.07, 6.45) is 3.55. The largest absolute Gasteiger partial charge is 0.360 e. The Morgan fingerprint density at radius 2 is 2.09 bits per heavy atom. The van der Waals surface area contributed by atoms with Gasteiger partial charge in [0, 0.05) is 6.07 Å². The van der Waals surface area contributed by atoms with E-state index in [-0.39, 0.29) is 10.7 Å². The summed E-state index contributed by atoms with van der Waals surface area (Å²) < 4.78 is 31.6. The Hall–Kier alpha value is -2.51. The van der Waals surface area contributed by atoms with Gasteiger partial charge in [-0.05, 0) is 37.4 Å². The van der Waals surface area contributed by atoms with E-state index in [0.29, 0.717) is 16.6 Å². The Labute approximate surface area is 137 Å². The van der Waals surface area contributed by atoms with Gasteiger partial charge in [0.25, 0.3) is 10.0 Å². The second kappa shape index (κ2) is 7.17. The van der Waals surface area contributed by atoms with Crippen molar-refractivity contribution in [1.29, 1.82) is 5.26 Å². The Bertz CT molecular complexity index is 850. The van der Waals surface area contributed by atoms with Gasteiger partial charge in [-0.25, -0.2) is 13.4 Å². The third-order valence-corrected chi connectivity index (χ3v) is 4.55. The molecule has 120 valence electrons. The summed E-state index contributed by atoms with van der Waals surface area (Å²) in [5.74, 6) is 0.620. The highest BCUT2D eigenvalue weighted by Gasteiger charge is 2.16. The molecule has 0 aliphatic heterocycles. The Morgan fingerprint density at radius 1 is 1.39 bits per heavy atom. The predicted octanol–water partition coefficient (Wildman–Crippen LogP) is 2.21. The van der Waals surface area contributed by atoms with Crippen LogP contribution in [0, 0.1) is 18.4 Å². The molecule has 8 nitrogen and oxygen atoms in total. The fraction of sp³-hybridized carbons (Fsp3) is 0.154. The van der Waals surface area contributed by atoms with E-state index in [0.717, 1.165) is 0 Å². The topological polar surface area (TPSA) is 120 Å². The minimum atomic E-state index is -3.76. The predicted molar refractivity (Wildman–Crippen MR) is 87.8 cm³/mol. The SMILES string of the molecule is CSC(=Nc1ccc(S(=O)(=O)Nc2cc(C)on2)cc1)NC#N. The molecule has 1 aromatic heterocycles. The second-order valence-electron chi connectivity index (χ2n) is 4.28. The van der Waals surface area contributed by atoms with Crippen LogP contribution in [0.1, 0.15) is 5.76 Å². The maximum atomic E-state index is 12.2. The lowest BCUT2D eigenvalue weighted by molar-refractivity contribution is 0.400. The number of sulfonamides is 1. The van der Waals surface area contributed by atoms with Crippen molar-refractivity contribution in [2.24, 2.45) is 4.99 Å². The van der Waals surface area contributed by atoms with Gasteiger partial charge >= 0.3 is 0 Å². The maximum Gasteiger partial charge on any atom is 0.263 e. The van der Waals surface area contributed by atoms with Gasteiger partial charge in [-0.3, -0.25) is 10.0 Å². The van der Waals surface area contributed by atoms with Crippen LogP contribution in [0.5, 0.6) is 0 Å². The number of aryl methyl sites for hydroxylation is 1. The van der Waals surface area contributed by atoms with E-state index in [2.05, 4.69) is 20.2 Å². The Kier molecular flexibility index (Phi) is 5.25. The Morgan fingerprint density at radius 3 is 2.61 bits per heavy atom. The molecule has 0 saturated heterocycles. The van der Waals surface area contributed by atoms with Crippen LogP contribution in [0.25, 0.3) is 0 Å². The van der Waals surface area contributed by atoms with Crippen LogP contribution in [-0.2, 0) is 10.0 Å². The van der Waals surface area contributed by atoms with Crippen LogP contribution >= 0.6 is 11.8 Å². The average molecular weight is 351 g/mol. The zero-order valence-electron chi connectivity index (χ0n) is 12.3. The summed E-state index contributed by atoms with van der Waals surface area (Å²) in [4.78, 5) is 4.25. The number of aliphatic imine (C=N–C) groups is 1. The van der Waals surface area contributed by atoms with Gasteiger partial charge in [0.05, 0.1) is 10.6 Å². The van der Waals surface area contributed by atoms with Crippen molar-refractivity contribution in [2.75, 3.05) is 11.0 Å². The molecule has 0 spiro atoms. The first-order valence-corrected chi connectivity index (χ1v) is 8.99. The highest BCUT2D eigenvalue weighted by atomic mass is 32.2. The number of hydrogen-bond acceptors (Lipinski definition) is 7. The first kappa shape index (κ1) is 16.9. The number of rotatable bonds is 4. The van der Waals surface area contributed by atoms with Crippen LogP contribution in [0.2, 0.25) is 0 Å². The molecule has 1 heterocycles. The molecule has 0 radical (unpaired) electrons. The zero-order valence-corrected chi connectivity index (χ0v) is 13.9. The molecule has 0 atom stereocenters. The number of nitriles is 1. The lowest BCUT2D eigenvalue weighted by atomic mass is 10.3. The summed E-state index contributed by atoms with van der Waals surface area (Å²) in [6, 6.07) is 7.39. The number of amidine groups is 1. The van der Waals surface area contributed by atoms with Gasteiger partial charge in [0.15, 0.2) is 17.2 Å². The first-order chi connectivity index (χ1) is 10.9. The lowest BCUT2D eigenvalue weighted by Gasteiger charge is -2.05. The third kappa shape index (κ3) is 4.48. The molecule has 0 fully saturated rings. The number of thioether (sulfide) groups is 1. The highest BCUT2D eigenvalue weighted by molar-refractivity contribution is 8.13. The second-order valence-corrected chi connectivity index (χ2v) is 6.76. The minimum Gasteiger partial charge on any atom is -0.360 e. The third-order valence-electron chi connectivity index (χ3n) is 2.60. The van der Waals surface area contributed by atoms with Crippen molar-refractivity contribution >= 4 is 38.5 Å². The van der Waals surface area contributed by atoms with E-state index in [1.165, 1.54) is 42.1 Å². The fourth-order valence-corrected chi connectivity index (χ4v) is 2.93. The molecule has 1 aromatic carbocycles. The molecule has 0 amide bonds. The standard InChI is InChI=1S/C13H13N5O3S2/c1-9-7-12(17-21-9)18-23(19,20)11-5-3-10(4-6-11)16-13(22-2)15-8-14/h3-7H,1-2H3,(H,15,16)(H,17,18). The quantitative estimate of drug-likeness (QED) is 0.375. The van der Waals surface area contributed by atoms with Gasteiger partial charge in [-0.15, -0.1) is 0 Å². The van der Waals surface area contributed by atoms with E-state index in [4.69, 9.17) is 9.78 Å². The van der Waals surface area contributed by atoms with Crippen LogP contribution in [0.4, 0.5) is 11.5 Å². The monoisotopic (exact) mass is 351 g/mol. The van der Waals surface area contributed by atoms with Gasteiger partial charge in [-0.2, -0.15) is 5.26 Å². The molecule has 0 bridgehead atoms. The molecule has 0 saturated carbocycles. The van der Waals surface area contributed by atoms with Crippen LogP contribution in [0.3, 0.4) is 0 Å². The molecule has 23 heavy (non-hydrogen) atoms. The smallest absolute Gasteiger partial charge is 0.263 e. The number of hydrogen-bond donors (Lipinski definition) is 2. The van der Waals surface area contributed by atoms with Crippen molar-refractivity contribution in [3.8, 4) is 6.19 Å². The van der Waals surface area contributed by atoms with E-state index in [9.17, 15) is 8.42 Å². The molecule has 2 N–H and O–H groups in total. The first-order valence-electron chi connectivity index (χ1n) is 6.28. The van der Waals surface area contributed by atoms with Gasteiger partial charge in [-0.1, -0.05) is 16.9 Å². The summed E-state index contributed by atoms with van der Waals surface area (Å²) in [7, 11) is -3.76. The van der Waals surface area contributed by atoms with Crippen molar-refractivity contribution in [2.45, 2.75) is 11.8 Å². The molecule has 10 heteroatoms. The number of nitrogens with one attached hydrogen (secondary N) is 2. The Balaban J connectivity index is 2.20. The van der Waals surface area contributed by atoms with Crippen molar-refractivity contribution in [1.82, 2.24) is 10.5 Å². The van der Waals surface area contributed by atoms with Gasteiger partial charge in [0.1, 0.15) is 5.76 Å². The number of anilines is 1. The van der Waals surface area contributed by atoms with Crippen LogP contribution in [-0.4, -0.2) is 25.0 Å². The van der Waals surface area contributed by atoms with Crippen LogP contribution < -0.4 is 10.0 Å². The van der Waals surface area contributed by atoms with E-state index >= 15 is 0 Å². The average Bonchev–Trinajstić information content (AvgIpc) is 2.91. The fourth-order valence-electron chi connectivity index (χ4n) is 1.60. The molecular weight excluding hydrogens is 338 g/mol. The summed E-state index contributed by atoms with van der Waals surface area (Å²) in [5.41, 5.74) is 0.522. The minimum absolute atomic E-state index is 0.0658. The van der Waals surface area contributed by atoms with Gasteiger partial charge in [0.2, 0.25) is 0 Å². The molecular formula is C13H13N5O3S2. The van der Waals surface area contributed by atoms with Crippen molar-refractivity contribution < 1.29 is 12.9 Å². The van der Waals surface area contributed by atoms with Crippen molar-refractivity contribution in [3.63, 3.8) is 0 Å². The zero-order chi connectivity index (χ0) is 16.9. The normalized spacial score (nSPS) is 11.8. The maximum absolute atomic E-state index is 12.2. The van der Waals surface area contributed by atoms with E-state index < -0.39 is 10.0 Å². The molecule has 0 aliphatic rings. The summed E-state index contributed by atoms with van der Waals surface area (Å²) >= 11 is 1.27. The highest BCUT2D eigenvalue weighted by Crippen LogP contribution is 2.20. The molecule has 2 rings (SSSR count). The van der Waals surface area contributed by atoms with Crippen LogP contribution in [0.15, 0.2) is 44.7 Å². The molecule has 0 unspecified atom stereocenters. The number of nitrogens with zero attached hydrogens (tertiary/aromatic N) is 3.